The number of amides is 1. The average Bonchev–Trinajstić information content (AvgIpc) is 3.04. The van der Waals surface area contributed by atoms with Crippen molar-refractivity contribution in [3.8, 4) is 0 Å². The van der Waals surface area contributed by atoms with Crippen LogP contribution >= 0.6 is 0 Å². The molecule has 2 unspecified atom stereocenters. The molecule has 0 spiro atoms. The number of aliphatic hydroxyl groups is 1. The summed E-state index contributed by atoms with van der Waals surface area (Å²) in [6.45, 7) is 1.63. The summed E-state index contributed by atoms with van der Waals surface area (Å²) in [6, 6.07) is 1.58. The summed E-state index contributed by atoms with van der Waals surface area (Å²) in [7, 11) is 0. The van der Waals surface area contributed by atoms with Crippen molar-refractivity contribution < 1.29 is 9.90 Å². The van der Waals surface area contributed by atoms with Gasteiger partial charge in [-0.3, -0.25) is 4.79 Å². The number of carbonyl (C=O) groups excluding carboxylic acids is 1. The van der Waals surface area contributed by atoms with E-state index < -0.39 is 0 Å². The first kappa shape index (κ1) is 14.3. The van der Waals surface area contributed by atoms with Crippen molar-refractivity contribution in [3.63, 3.8) is 0 Å². The fourth-order valence-electron chi connectivity index (χ4n) is 3.37. The summed E-state index contributed by atoms with van der Waals surface area (Å²) in [5.41, 5.74) is 0. The standard InChI is InChI=1S/C15H22N4O2/c20-11-12-5-1-2-9-18(12)14(21)13-6-3-10-19(13)15-16-7-4-8-17-15/h4,7-8,12-13,20H,1-3,5-6,9-11H2. The van der Waals surface area contributed by atoms with Crippen LogP contribution in [-0.4, -0.2) is 57.7 Å². The SMILES string of the molecule is O=C(C1CCCN1c1ncccn1)N1CCCCC1CO. The number of likely N-dealkylation sites (tertiary alicyclic amines) is 1. The first-order chi connectivity index (χ1) is 10.3. The minimum Gasteiger partial charge on any atom is -0.394 e. The minimum atomic E-state index is -0.181. The Morgan fingerprint density at radius 3 is 2.76 bits per heavy atom. The molecule has 1 N–H and O–H groups in total. The average molecular weight is 290 g/mol. The molecule has 0 aliphatic carbocycles. The second-order valence-corrected chi connectivity index (χ2v) is 5.76. The molecule has 1 aromatic heterocycles. The molecular weight excluding hydrogens is 268 g/mol. The van der Waals surface area contributed by atoms with E-state index in [9.17, 15) is 9.90 Å². The number of hydrogen-bond acceptors (Lipinski definition) is 5. The van der Waals surface area contributed by atoms with Crippen LogP contribution in [0.1, 0.15) is 32.1 Å². The molecule has 0 aromatic carbocycles. The number of anilines is 1. The maximum Gasteiger partial charge on any atom is 0.245 e. The van der Waals surface area contributed by atoms with Gasteiger partial charge >= 0.3 is 0 Å². The van der Waals surface area contributed by atoms with Gasteiger partial charge in [0.2, 0.25) is 11.9 Å². The number of piperidine rings is 1. The number of carbonyl (C=O) groups is 1. The lowest BCUT2D eigenvalue weighted by Crippen LogP contribution is -2.53. The van der Waals surface area contributed by atoms with Crippen LogP contribution in [0.4, 0.5) is 5.95 Å². The predicted molar refractivity (Wildman–Crippen MR) is 78.8 cm³/mol. The van der Waals surface area contributed by atoms with Crippen LogP contribution in [0.5, 0.6) is 0 Å². The lowest BCUT2D eigenvalue weighted by atomic mass is 10.0. The van der Waals surface area contributed by atoms with Crippen LogP contribution in [0.15, 0.2) is 18.5 Å². The smallest absolute Gasteiger partial charge is 0.245 e. The number of rotatable bonds is 3. The molecule has 6 nitrogen and oxygen atoms in total. The second-order valence-electron chi connectivity index (χ2n) is 5.76. The zero-order chi connectivity index (χ0) is 14.7. The van der Waals surface area contributed by atoms with E-state index in [1.54, 1.807) is 18.5 Å². The third kappa shape index (κ3) is 2.85. The Bertz CT molecular complexity index is 482. The molecule has 2 fully saturated rings. The van der Waals surface area contributed by atoms with E-state index >= 15 is 0 Å². The number of hydrogen-bond donors (Lipinski definition) is 1. The van der Waals surface area contributed by atoms with Gasteiger partial charge in [0.15, 0.2) is 0 Å². The Kier molecular flexibility index (Phi) is 4.34. The van der Waals surface area contributed by atoms with E-state index in [2.05, 4.69) is 9.97 Å². The normalized spacial score (nSPS) is 26.1. The lowest BCUT2D eigenvalue weighted by Gasteiger charge is -2.38. The van der Waals surface area contributed by atoms with E-state index in [1.165, 1.54) is 0 Å². The largest absolute Gasteiger partial charge is 0.394 e. The van der Waals surface area contributed by atoms with Crippen LogP contribution in [-0.2, 0) is 4.79 Å². The number of aromatic nitrogens is 2. The molecule has 1 aromatic rings. The van der Waals surface area contributed by atoms with Crippen molar-refractivity contribution in [2.75, 3.05) is 24.6 Å². The highest BCUT2D eigenvalue weighted by atomic mass is 16.3. The van der Waals surface area contributed by atoms with Gasteiger partial charge in [0.05, 0.1) is 12.6 Å². The Hall–Kier alpha value is -1.69. The number of nitrogens with zero attached hydrogens (tertiary/aromatic N) is 4. The van der Waals surface area contributed by atoms with Crippen LogP contribution in [0.3, 0.4) is 0 Å². The molecule has 21 heavy (non-hydrogen) atoms. The quantitative estimate of drug-likeness (QED) is 0.892. The summed E-state index contributed by atoms with van der Waals surface area (Å²) in [4.78, 5) is 25.3. The molecule has 2 atom stereocenters. The molecule has 0 saturated carbocycles. The molecule has 0 radical (unpaired) electrons. The Labute approximate surface area is 124 Å². The van der Waals surface area contributed by atoms with Gasteiger partial charge in [-0.2, -0.15) is 0 Å². The van der Waals surface area contributed by atoms with Crippen molar-refractivity contribution in [3.05, 3.63) is 18.5 Å². The lowest BCUT2D eigenvalue weighted by molar-refractivity contribution is -0.137. The van der Waals surface area contributed by atoms with Gasteiger partial charge in [0, 0.05) is 25.5 Å². The summed E-state index contributed by atoms with van der Waals surface area (Å²) in [6.07, 6.45) is 8.25. The van der Waals surface area contributed by atoms with Crippen molar-refractivity contribution >= 4 is 11.9 Å². The number of aliphatic hydroxyl groups excluding tert-OH is 1. The molecule has 3 rings (SSSR count). The first-order valence-corrected chi connectivity index (χ1v) is 7.76. The predicted octanol–water partition coefficient (Wildman–Crippen LogP) is 0.819. The third-order valence-corrected chi connectivity index (χ3v) is 4.47. The fourth-order valence-corrected chi connectivity index (χ4v) is 3.37. The van der Waals surface area contributed by atoms with E-state index in [0.29, 0.717) is 5.95 Å². The van der Waals surface area contributed by atoms with Gasteiger partial charge in [0.1, 0.15) is 6.04 Å². The van der Waals surface area contributed by atoms with Gasteiger partial charge < -0.3 is 14.9 Å². The molecule has 6 heteroatoms. The third-order valence-electron chi connectivity index (χ3n) is 4.47. The van der Waals surface area contributed by atoms with E-state index in [-0.39, 0.29) is 24.6 Å². The van der Waals surface area contributed by atoms with Gasteiger partial charge in [-0.1, -0.05) is 0 Å². The maximum absolute atomic E-state index is 12.9. The van der Waals surface area contributed by atoms with Crippen molar-refractivity contribution in [1.29, 1.82) is 0 Å². The van der Waals surface area contributed by atoms with Gasteiger partial charge in [-0.15, -0.1) is 0 Å². The zero-order valence-corrected chi connectivity index (χ0v) is 12.2. The summed E-state index contributed by atoms with van der Waals surface area (Å²) >= 11 is 0. The fraction of sp³-hybridized carbons (Fsp3) is 0.667. The van der Waals surface area contributed by atoms with E-state index in [0.717, 1.165) is 45.2 Å². The molecule has 1 amide bonds. The molecular formula is C15H22N4O2. The molecule has 0 bridgehead atoms. The van der Waals surface area contributed by atoms with Crippen molar-refractivity contribution in [2.24, 2.45) is 0 Å². The van der Waals surface area contributed by atoms with Crippen LogP contribution in [0.25, 0.3) is 0 Å². The molecule has 2 aliphatic heterocycles. The van der Waals surface area contributed by atoms with Gasteiger partial charge in [-0.05, 0) is 38.2 Å². The Morgan fingerprint density at radius 2 is 2.00 bits per heavy atom. The Morgan fingerprint density at radius 1 is 1.19 bits per heavy atom. The summed E-state index contributed by atoms with van der Waals surface area (Å²) in [5, 5.41) is 9.50. The zero-order valence-electron chi connectivity index (χ0n) is 12.2. The van der Waals surface area contributed by atoms with Crippen molar-refractivity contribution in [2.45, 2.75) is 44.2 Å². The highest BCUT2D eigenvalue weighted by Crippen LogP contribution is 2.26. The topological polar surface area (TPSA) is 69.6 Å². The van der Waals surface area contributed by atoms with Crippen LogP contribution < -0.4 is 4.90 Å². The van der Waals surface area contributed by atoms with Crippen LogP contribution in [0, 0.1) is 0 Å². The minimum absolute atomic E-state index is 0.0228. The van der Waals surface area contributed by atoms with Gasteiger partial charge in [0.25, 0.3) is 0 Å². The second kappa shape index (κ2) is 6.39. The maximum atomic E-state index is 12.9. The monoisotopic (exact) mass is 290 g/mol. The van der Waals surface area contributed by atoms with E-state index in [1.807, 2.05) is 9.80 Å². The molecule has 3 heterocycles. The molecule has 114 valence electrons. The first-order valence-electron chi connectivity index (χ1n) is 7.76. The molecule has 2 aliphatic rings. The summed E-state index contributed by atoms with van der Waals surface area (Å²) in [5.74, 6) is 0.754. The summed E-state index contributed by atoms with van der Waals surface area (Å²) < 4.78 is 0. The van der Waals surface area contributed by atoms with Crippen molar-refractivity contribution in [1.82, 2.24) is 14.9 Å². The molecule has 2 saturated heterocycles. The Balaban J connectivity index is 1.76. The van der Waals surface area contributed by atoms with E-state index in [4.69, 9.17) is 0 Å². The highest BCUT2D eigenvalue weighted by Gasteiger charge is 2.37. The highest BCUT2D eigenvalue weighted by molar-refractivity contribution is 5.85. The van der Waals surface area contributed by atoms with Crippen LogP contribution in [0.2, 0.25) is 0 Å². The van der Waals surface area contributed by atoms with Gasteiger partial charge in [-0.25, -0.2) is 9.97 Å².